The summed E-state index contributed by atoms with van der Waals surface area (Å²) in [6.07, 6.45) is 1.25. The average Bonchev–Trinajstić information content (AvgIpc) is 2.98. The van der Waals surface area contributed by atoms with Crippen molar-refractivity contribution < 1.29 is 4.74 Å². The maximum atomic E-state index is 5.40. The van der Waals surface area contributed by atoms with Crippen LogP contribution in [0.4, 0.5) is 5.13 Å². The molecule has 1 aromatic heterocycles. The highest BCUT2D eigenvalue weighted by molar-refractivity contribution is 9.10. The number of rotatable bonds is 2. The first kappa shape index (κ1) is 11.9. The first-order chi connectivity index (χ1) is 8.33. The molecule has 0 aliphatic carbocycles. The molecule has 3 heterocycles. The zero-order valence-corrected chi connectivity index (χ0v) is 12.0. The Balaban J connectivity index is 1.61. The molecular weight excluding hydrogens is 302 g/mol. The minimum absolute atomic E-state index is 0.682. The fourth-order valence-corrected chi connectivity index (χ4v) is 3.83. The lowest BCUT2D eigenvalue weighted by molar-refractivity contribution is 0.0209. The van der Waals surface area contributed by atoms with Crippen molar-refractivity contribution in [1.29, 1.82) is 0 Å². The molecule has 0 spiro atoms. The molecule has 2 fully saturated rings. The maximum absolute atomic E-state index is 5.40. The highest BCUT2D eigenvalue weighted by Gasteiger charge is 2.29. The van der Waals surface area contributed by atoms with Gasteiger partial charge in [0.15, 0.2) is 5.13 Å². The quantitative estimate of drug-likeness (QED) is 0.832. The van der Waals surface area contributed by atoms with Gasteiger partial charge < -0.3 is 9.64 Å². The molecule has 0 saturated carbocycles. The molecular formula is C11H16BrN3OS. The molecule has 2 aliphatic rings. The van der Waals surface area contributed by atoms with E-state index in [1.54, 1.807) is 11.3 Å². The van der Waals surface area contributed by atoms with Crippen molar-refractivity contribution in [2.24, 2.45) is 0 Å². The van der Waals surface area contributed by atoms with Crippen molar-refractivity contribution in [1.82, 2.24) is 9.88 Å². The topological polar surface area (TPSA) is 28.6 Å². The van der Waals surface area contributed by atoms with Gasteiger partial charge in [-0.2, -0.15) is 0 Å². The van der Waals surface area contributed by atoms with Gasteiger partial charge in [0.1, 0.15) is 4.60 Å². The van der Waals surface area contributed by atoms with E-state index < -0.39 is 0 Å². The van der Waals surface area contributed by atoms with Crippen LogP contribution in [0.15, 0.2) is 9.98 Å². The Labute approximate surface area is 114 Å². The molecule has 1 unspecified atom stereocenters. The molecule has 17 heavy (non-hydrogen) atoms. The summed E-state index contributed by atoms with van der Waals surface area (Å²) in [5, 5.41) is 3.20. The lowest BCUT2D eigenvalue weighted by atomic mass is 10.2. The van der Waals surface area contributed by atoms with Crippen LogP contribution in [0.3, 0.4) is 0 Å². The van der Waals surface area contributed by atoms with E-state index in [1.165, 1.54) is 6.42 Å². The number of morpholine rings is 1. The zero-order valence-electron chi connectivity index (χ0n) is 9.64. The summed E-state index contributed by atoms with van der Waals surface area (Å²) >= 11 is 5.14. The molecule has 4 nitrogen and oxygen atoms in total. The van der Waals surface area contributed by atoms with Crippen LogP contribution in [0.2, 0.25) is 0 Å². The smallest absolute Gasteiger partial charge is 0.186 e. The second-order valence-electron chi connectivity index (χ2n) is 4.49. The molecule has 1 aromatic rings. The summed E-state index contributed by atoms with van der Waals surface area (Å²) in [4.78, 5) is 9.45. The number of anilines is 1. The lowest BCUT2D eigenvalue weighted by Crippen LogP contribution is -2.44. The van der Waals surface area contributed by atoms with Crippen molar-refractivity contribution >= 4 is 32.4 Å². The minimum atomic E-state index is 0.682. The van der Waals surface area contributed by atoms with Gasteiger partial charge in [0, 0.05) is 37.6 Å². The first-order valence-electron chi connectivity index (χ1n) is 6.01. The predicted molar refractivity (Wildman–Crippen MR) is 72.8 cm³/mol. The van der Waals surface area contributed by atoms with E-state index in [4.69, 9.17) is 4.74 Å². The van der Waals surface area contributed by atoms with Crippen molar-refractivity contribution in [2.45, 2.75) is 12.5 Å². The Kier molecular flexibility index (Phi) is 3.65. The van der Waals surface area contributed by atoms with Crippen LogP contribution in [0.5, 0.6) is 0 Å². The van der Waals surface area contributed by atoms with Gasteiger partial charge in [-0.05, 0) is 22.4 Å². The van der Waals surface area contributed by atoms with E-state index in [1.807, 2.05) is 0 Å². The van der Waals surface area contributed by atoms with Gasteiger partial charge in [-0.3, -0.25) is 4.90 Å². The van der Waals surface area contributed by atoms with Gasteiger partial charge in [-0.25, -0.2) is 4.98 Å². The SMILES string of the molecule is Brc1csc(N2CCC(N3CCOCC3)C2)n1. The molecule has 2 saturated heterocycles. The van der Waals surface area contributed by atoms with E-state index in [-0.39, 0.29) is 0 Å². The van der Waals surface area contributed by atoms with Crippen molar-refractivity contribution in [3.63, 3.8) is 0 Å². The molecule has 0 N–H and O–H groups in total. The number of nitrogens with zero attached hydrogens (tertiary/aromatic N) is 3. The fourth-order valence-electron chi connectivity index (χ4n) is 2.55. The molecule has 0 amide bonds. The summed E-state index contributed by atoms with van der Waals surface area (Å²) in [5.41, 5.74) is 0. The van der Waals surface area contributed by atoms with E-state index >= 15 is 0 Å². The third kappa shape index (κ3) is 2.65. The highest BCUT2D eigenvalue weighted by atomic mass is 79.9. The van der Waals surface area contributed by atoms with E-state index in [0.717, 1.165) is 49.1 Å². The molecule has 3 rings (SSSR count). The van der Waals surface area contributed by atoms with Gasteiger partial charge in [-0.15, -0.1) is 11.3 Å². The largest absolute Gasteiger partial charge is 0.379 e. The molecule has 2 aliphatic heterocycles. The third-order valence-electron chi connectivity index (χ3n) is 3.46. The number of halogens is 1. The Bertz CT molecular complexity index is 381. The standard InChI is InChI=1S/C11H16BrN3OS/c12-10-8-17-11(13-10)15-2-1-9(7-15)14-3-5-16-6-4-14/h8-9H,1-7H2. The van der Waals surface area contributed by atoms with Gasteiger partial charge in [0.2, 0.25) is 0 Å². The normalized spacial score (nSPS) is 26.6. The predicted octanol–water partition coefficient (Wildman–Crippen LogP) is 1.82. The second-order valence-corrected chi connectivity index (χ2v) is 6.14. The number of thiazole rings is 1. The first-order valence-corrected chi connectivity index (χ1v) is 7.68. The Hall–Kier alpha value is -0.170. The van der Waals surface area contributed by atoms with E-state index in [9.17, 15) is 0 Å². The summed E-state index contributed by atoms with van der Waals surface area (Å²) < 4.78 is 6.35. The van der Waals surface area contributed by atoms with Crippen LogP contribution in [0.25, 0.3) is 0 Å². The molecule has 6 heteroatoms. The van der Waals surface area contributed by atoms with Crippen molar-refractivity contribution in [3.8, 4) is 0 Å². The van der Waals surface area contributed by atoms with Crippen LogP contribution >= 0.6 is 27.3 Å². The maximum Gasteiger partial charge on any atom is 0.186 e. The van der Waals surface area contributed by atoms with Crippen LogP contribution in [0.1, 0.15) is 6.42 Å². The van der Waals surface area contributed by atoms with Crippen LogP contribution in [-0.2, 0) is 4.74 Å². The lowest BCUT2D eigenvalue weighted by Gasteiger charge is -2.32. The van der Waals surface area contributed by atoms with Crippen molar-refractivity contribution in [3.05, 3.63) is 9.98 Å². The minimum Gasteiger partial charge on any atom is -0.379 e. The Morgan fingerprint density at radius 1 is 1.35 bits per heavy atom. The summed E-state index contributed by atoms with van der Waals surface area (Å²) in [5.74, 6) is 0. The molecule has 94 valence electrons. The summed E-state index contributed by atoms with van der Waals surface area (Å²) in [6.45, 7) is 6.18. The van der Waals surface area contributed by atoms with Crippen LogP contribution in [-0.4, -0.2) is 55.3 Å². The molecule has 1 atom stereocenters. The third-order valence-corrected chi connectivity index (χ3v) is 5.07. The number of ether oxygens (including phenoxy) is 1. The van der Waals surface area contributed by atoms with Gasteiger partial charge in [0.05, 0.1) is 13.2 Å². The molecule has 0 radical (unpaired) electrons. The van der Waals surface area contributed by atoms with Gasteiger partial charge >= 0.3 is 0 Å². The van der Waals surface area contributed by atoms with E-state index in [2.05, 4.69) is 36.1 Å². The zero-order chi connectivity index (χ0) is 11.7. The summed E-state index contributed by atoms with van der Waals surface area (Å²) in [7, 11) is 0. The Morgan fingerprint density at radius 3 is 2.88 bits per heavy atom. The fraction of sp³-hybridized carbons (Fsp3) is 0.727. The average molecular weight is 318 g/mol. The van der Waals surface area contributed by atoms with Crippen LogP contribution < -0.4 is 4.90 Å². The molecule has 0 bridgehead atoms. The summed E-state index contributed by atoms with van der Waals surface area (Å²) in [6, 6.07) is 0.682. The number of aromatic nitrogens is 1. The second kappa shape index (κ2) is 5.22. The van der Waals surface area contributed by atoms with E-state index in [0.29, 0.717) is 6.04 Å². The van der Waals surface area contributed by atoms with Gasteiger partial charge in [0.25, 0.3) is 0 Å². The van der Waals surface area contributed by atoms with Crippen LogP contribution in [0, 0.1) is 0 Å². The highest BCUT2D eigenvalue weighted by Crippen LogP contribution is 2.28. The number of hydrogen-bond donors (Lipinski definition) is 0. The number of hydrogen-bond acceptors (Lipinski definition) is 5. The van der Waals surface area contributed by atoms with Crippen molar-refractivity contribution in [2.75, 3.05) is 44.3 Å². The monoisotopic (exact) mass is 317 g/mol. The van der Waals surface area contributed by atoms with Gasteiger partial charge in [-0.1, -0.05) is 0 Å². The molecule has 0 aromatic carbocycles. The Morgan fingerprint density at radius 2 is 2.18 bits per heavy atom.